The molecule has 0 fully saturated rings. The van der Waals surface area contributed by atoms with Crippen LogP contribution >= 0.6 is 0 Å². The fraction of sp³-hybridized carbons (Fsp3) is 0.235. The van der Waals surface area contributed by atoms with E-state index in [0.717, 1.165) is 6.42 Å². The number of hydrogen-bond acceptors (Lipinski definition) is 5. The van der Waals surface area contributed by atoms with Gasteiger partial charge in [-0.25, -0.2) is 4.39 Å². The fourth-order valence-corrected chi connectivity index (χ4v) is 3.63. The van der Waals surface area contributed by atoms with Crippen LogP contribution in [0.4, 0.5) is 10.1 Å². The number of halogens is 1. The van der Waals surface area contributed by atoms with Crippen LogP contribution in [0.5, 0.6) is 5.88 Å². The monoisotopic (exact) mass is 339 g/mol. The fourth-order valence-electron chi connectivity index (χ4n) is 3.63. The average Bonchev–Trinajstić information content (AvgIpc) is 3.09. The number of nitrogens with zero attached hydrogens (tertiary/aromatic N) is 2. The second-order valence-electron chi connectivity index (χ2n) is 5.98. The number of aromatic nitrogens is 2. The Kier molecular flexibility index (Phi) is 3.09. The molecule has 1 atom stereocenters. The Morgan fingerprint density at radius 3 is 3.00 bits per heavy atom. The van der Waals surface area contributed by atoms with Crippen LogP contribution in [-0.2, 0) is 16.6 Å². The zero-order chi connectivity index (χ0) is 17.8. The van der Waals surface area contributed by atoms with Gasteiger partial charge in [0.25, 0.3) is 0 Å². The highest BCUT2D eigenvalue weighted by molar-refractivity contribution is 6.12. The molecular weight excluding hydrogens is 325 g/mol. The topological polar surface area (TPSA) is 117 Å². The van der Waals surface area contributed by atoms with Gasteiger partial charge >= 0.3 is 0 Å². The van der Waals surface area contributed by atoms with Gasteiger partial charge in [-0.3, -0.25) is 9.89 Å². The maximum absolute atomic E-state index is 14.0. The van der Waals surface area contributed by atoms with Crippen LogP contribution in [0.15, 0.2) is 29.7 Å². The Bertz CT molecular complexity index is 987. The summed E-state index contributed by atoms with van der Waals surface area (Å²) in [6, 6.07) is 5.95. The zero-order valence-electron chi connectivity index (χ0n) is 13.3. The molecule has 126 valence electrons. The predicted octanol–water partition coefficient (Wildman–Crippen LogP) is 1.83. The minimum absolute atomic E-state index is 0.0689. The van der Waals surface area contributed by atoms with Gasteiger partial charge in [-0.2, -0.15) is 5.26 Å². The molecule has 0 bridgehead atoms. The molecule has 0 unspecified atom stereocenters. The van der Waals surface area contributed by atoms with Gasteiger partial charge in [-0.05, 0) is 24.6 Å². The first kappa shape index (κ1) is 15.2. The maximum Gasteiger partial charge on any atom is 0.245 e. The second-order valence-corrected chi connectivity index (χ2v) is 5.98. The molecule has 1 aromatic carbocycles. The summed E-state index contributed by atoms with van der Waals surface area (Å²) in [7, 11) is 0. The van der Waals surface area contributed by atoms with Gasteiger partial charge in [-0.15, -0.1) is 5.10 Å². The Morgan fingerprint density at radius 1 is 1.48 bits per heavy atom. The molecule has 4 rings (SSSR count). The number of benzene rings is 1. The van der Waals surface area contributed by atoms with Crippen LogP contribution in [0.2, 0.25) is 0 Å². The first-order valence-corrected chi connectivity index (χ1v) is 7.81. The van der Waals surface area contributed by atoms with Crippen LogP contribution in [0.3, 0.4) is 0 Å². The summed E-state index contributed by atoms with van der Waals surface area (Å²) >= 11 is 0. The number of carbonyl (C=O) groups excluding carboxylic acids is 1. The lowest BCUT2D eigenvalue weighted by Gasteiger charge is -2.31. The van der Waals surface area contributed by atoms with Crippen LogP contribution in [0.25, 0.3) is 0 Å². The highest BCUT2D eigenvalue weighted by atomic mass is 19.1. The van der Waals surface area contributed by atoms with Gasteiger partial charge in [0, 0.05) is 16.9 Å². The number of fused-ring (bicyclic) bond motifs is 4. The number of hydrogen-bond donors (Lipinski definition) is 3. The van der Waals surface area contributed by atoms with Crippen molar-refractivity contribution in [3.05, 3.63) is 52.3 Å². The predicted molar refractivity (Wildman–Crippen MR) is 85.8 cm³/mol. The van der Waals surface area contributed by atoms with Crippen LogP contribution in [0, 0.1) is 17.1 Å². The molecule has 1 aromatic heterocycles. The van der Waals surface area contributed by atoms with Gasteiger partial charge in [0.2, 0.25) is 17.7 Å². The average molecular weight is 339 g/mol. The molecule has 0 saturated heterocycles. The number of aromatic amines is 1. The lowest BCUT2D eigenvalue weighted by Crippen LogP contribution is -2.42. The lowest BCUT2D eigenvalue weighted by atomic mass is 9.68. The van der Waals surface area contributed by atoms with Gasteiger partial charge < -0.3 is 15.8 Å². The van der Waals surface area contributed by atoms with Crippen molar-refractivity contribution in [2.45, 2.75) is 25.2 Å². The Morgan fingerprint density at radius 2 is 2.28 bits per heavy atom. The molecule has 4 N–H and O–H groups in total. The smallest absolute Gasteiger partial charge is 0.245 e. The number of amides is 1. The summed E-state index contributed by atoms with van der Waals surface area (Å²) in [5.41, 5.74) is 6.11. The third-order valence-corrected chi connectivity index (χ3v) is 4.60. The van der Waals surface area contributed by atoms with Crippen LogP contribution in [0.1, 0.15) is 30.2 Å². The third-order valence-electron chi connectivity index (χ3n) is 4.60. The SMILES string of the molecule is CCCc1[nH]nc2c1[C@]1(C(=O)Nc3ccc(F)cc31)C(C#N)=C(N)O2. The van der Waals surface area contributed by atoms with E-state index in [1.54, 1.807) is 0 Å². The van der Waals surface area contributed by atoms with E-state index in [0.29, 0.717) is 28.9 Å². The van der Waals surface area contributed by atoms with Crippen molar-refractivity contribution in [1.29, 1.82) is 5.26 Å². The van der Waals surface area contributed by atoms with E-state index < -0.39 is 17.1 Å². The molecule has 7 nitrogen and oxygen atoms in total. The zero-order valence-corrected chi connectivity index (χ0v) is 13.3. The van der Waals surface area contributed by atoms with Crippen molar-refractivity contribution < 1.29 is 13.9 Å². The summed E-state index contributed by atoms with van der Waals surface area (Å²) in [5, 5.41) is 19.4. The molecule has 1 spiro atoms. The molecule has 2 aliphatic heterocycles. The Hall–Kier alpha value is -3.34. The minimum Gasteiger partial charge on any atom is -0.420 e. The third kappa shape index (κ3) is 1.78. The van der Waals surface area contributed by atoms with Crippen molar-refractivity contribution in [3.63, 3.8) is 0 Å². The summed E-state index contributed by atoms with van der Waals surface area (Å²) in [5.74, 6) is -1.07. The first-order valence-electron chi connectivity index (χ1n) is 7.81. The number of H-pyrrole nitrogens is 1. The number of nitriles is 1. The molecule has 2 aliphatic rings. The molecule has 3 heterocycles. The summed E-state index contributed by atoms with van der Waals surface area (Å²) in [6.45, 7) is 1.97. The molecule has 0 saturated carbocycles. The van der Waals surface area contributed by atoms with E-state index in [2.05, 4.69) is 15.5 Å². The van der Waals surface area contributed by atoms with Crippen molar-refractivity contribution in [2.75, 3.05) is 5.32 Å². The van der Waals surface area contributed by atoms with E-state index in [9.17, 15) is 14.4 Å². The molecule has 25 heavy (non-hydrogen) atoms. The largest absolute Gasteiger partial charge is 0.420 e. The molecule has 8 heteroatoms. The van der Waals surface area contributed by atoms with Crippen LogP contribution < -0.4 is 15.8 Å². The number of ether oxygens (including phenoxy) is 1. The summed E-state index contributed by atoms with van der Waals surface area (Å²) < 4.78 is 19.4. The molecule has 2 aromatic rings. The van der Waals surface area contributed by atoms with Crippen molar-refractivity contribution in [1.82, 2.24) is 10.2 Å². The highest BCUT2D eigenvalue weighted by Crippen LogP contribution is 2.53. The molecule has 1 amide bonds. The number of carbonyl (C=O) groups is 1. The number of anilines is 1. The molecule has 0 aliphatic carbocycles. The van der Waals surface area contributed by atoms with Gasteiger partial charge in [0.15, 0.2) is 0 Å². The number of rotatable bonds is 2. The maximum atomic E-state index is 14.0. The normalized spacial score (nSPS) is 20.8. The van der Waals surface area contributed by atoms with E-state index in [4.69, 9.17) is 10.5 Å². The Labute approximate surface area is 142 Å². The first-order chi connectivity index (χ1) is 12.0. The van der Waals surface area contributed by atoms with Crippen molar-refractivity contribution in [2.24, 2.45) is 5.73 Å². The van der Waals surface area contributed by atoms with Gasteiger partial charge in [0.1, 0.15) is 22.9 Å². The summed E-state index contributed by atoms with van der Waals surface area (Å²) in [6.07, 6.45) is 1.37. The van der Waals surface area contributed by atoms with E-state index in [-0.39, 0.29) is 17.3 Å². The number of nitrogens with two attached hydrogens (primary N) is 1. The van der Waals surface area contributed by atoms with Crippen LogP contribution in [-0.4, -0.2) is 16.1 Å². The minimum atomic E-state index is -1.57. The standard InChI is InChI=1S/C17H14FN5O2/c1-2-3-12-13-15(23-22-12)25-14(20)10(7-19)17(13)9-6-8(18)4-5-11(9)21-16(17)24/h4-6H,2-3,20H2,1H3,(H,21,24)(H,22,23)/t17-/m1/s1. The molecule has 0 radical (unpaired) electrons. The van der Waals surface area contributed by atoms with Crippen molar-refractivity contribution in [3.8, 4) is 11.9 Å². The second kappa shape index (κ2) is 5.08. The molecular formula is C17H14FN5O2. The highest BCUT2D eigenvalue weighted by Gasteiger charge is 2.58. The van der Waals surface area contributed by atoms with Gasteiger partial charge in [0.05, 0.1) is 5.56 Å². The summed E-state index contributed by atoms with van der Waals surface area (Å²) in [4.78, 5) is 13.1. The van der Waals surface area contributed by atoms with Gasteiger partial charge in [-0.1, -0.05) is 13.3 Å². The van der Waals surface area contributed by atoms with Crippen molar-refractivity contribution >= 4 is 11.6 Å². The Balaban J connectivity index is 2.13. The lowest BCUT2D eigenvalue weighted by molar-refractivity contribution is -0.118. The van der Waals surface area contributed by atoms with E-state index >= 15 is 0 Å². The van der Waals surface area contributed by atoms with E-state index in [1.165, 1.54) is 18.2 Å². The number of nitrogens with one attached hydrogen (secondary N) is 2. The van der Waals surface area contributed by atoms with E-state index in [1.807, 2.05) is 13.0 Å². The number of aryl methyl sites for hydroxylation is 1. The quantitative estimate of drug-likeness (QED) is 0.771.